The van der Waals surface area contributed by atoms with E-state index in [2.05, 4.69) is 0 Å². The summed E-state index contributed by atoms with van der Waals surface area (Å²) >= 11 is 0. The molecule has 1 rings (SSSR count). The fraction of sp³-hybridized carbons (Fsp3) is 0.462. The van der Waals surface area contributed by atoms with Crippen molar-refractivity contribution in [2.45, 2.75) is 13.8 Å². The van der Waals surface area contributed by atoms with E-state index in [1.54, 1.807) is 19.2 Å². The smallest absolute Gasteiger partial charge is 0.282 e. The average molecular weight is 302 g/mol. The fourth-order valence-corrected chi connectivity index (χ4v) is 1.80. The summed E-state index contributed by atoms with van der Waals surface area (Å²) in [6.07, 6.45) is 0. The van der Waals surface area contributed by atoms with Crippen LogP contribution in [0.15, 0.2) is 24.3 Å². The van der Waals surface area contributed by atoms with E-state index in [4.69, 9.17) is 5.73 Å². The van der Waals surface area contributed by atoms with Gasteiger partial charge in [-0.2, -0.15) is 0 Å². The molecule has 0 fully saturated rings. The Bertz CT molecular complexity index is 492. The number of nitro benzene ring substituents is 1. The third-order valence-corrected chi connectivity index (χ3v) is 2.90. The molecule has 0 saturated heterocycles. The maximum absolute atomic E-state index is 12.2. The Balaban J connectivity index is 0.00000361. The highest BCUT2D eigenvalue weighted by molar-refractivity contribution is 5.98. The van der Waals surface area contributed by atoms with Gasteiger partial charge in [-0.3, -0.25) is 14.9 Å². The molecule has 0 heterocycles. The Kier molecular flexibility index (Phi) is 6.61. The first-order chi connectivity index (χ1) is 8.78. The van der Waals surface area contributed by atoms with Crippen molar-refractivity contribution >= 4 is 24.0 Å². The van der Waals surface area contributed by atoms with Gasteiger partial charge in [0.2, 0.25) is 0 Å². The molecule has 2 N–H and O–H groups in total. The van der Waals surface area contributed by atoms with E-state index >= 15 is 0 Å². The predicted molar refractivity (Wildman–Crippen MR) is 80.1 cm³/mol. The predicted octanol–water partition coefficient (Wildman–Crippen LogP) is 2.07. The van der Waals surface area contributed by atoms with Crippen LogP contribution in [0, 0.1) is 15.5 Å². The average Bonchev–Trinajstić information content (AvgIpc) is 2.37. The number of benzene rings is 1. The van der Waals surface area contributed by atoms with E-state index in [1.165, 1.54) is 17.0 Å². The number of nitro groups is 1. The first-order valence-electron chi connectivity index (χ1n) is 5.97. The minimum Gasteiger partial charge on any atom is -0.341 e. The SMILES string of the molecule is CN(CC(C)(C)CN)C(=O)c1ccccc1[N+](=O)[O-].Cl. The number of hydrogen-bond acceptors (Lipinski definition) is 4. The van der Waals surface area contributed by atoms with Gasteiger partial charge in [0.15, 0.2) is 0 Å². The molecule has 7 heteroatoms. The summed E-state index contributed by atoms with van der Waals surface area (Å²) in [4.78, 5) is 24.1. The van der Waals surface area contributed by atoms with Crippen molar-refractivity contribution in [3.05, 3.63) is 39.9 Å². The van der Waals surface area contributed by atoms with Crippen molar-refractivity contribution in [3.63, 3.8) is 0 Å². The van der Waals surface area contributed by atoms with E-state index in [-0.39, 0.29) is 35.0 Å². The van der Waals surface area contributed by atoms with Gasteiger partial charge < -0.3 is 10.6 Å². The second kappa shape index (κ2) is 7.21. The molecule has 0 aliphatic rings. The quantitative estimate of drug-likeness (QED) is 0.666. The lowest BCUT2D eigenvalue weighted by Gasteiger charge is -2.29. The molecule has 0 aromatic heterocycles. The largest absolute Gasteiger partial charge is 0.341 e. The third-order valence-electron chi connectivity index (χ3n) is 2.90. The van der Waals surface area contributed by atoms with Crippen molar-refractivity contribution in [2.75, 3.05) is 20.1 Å². The summed E-state index contributed by atoms with van der Waals surface area (Å²) in [7, 11) is 1.62. The van der Waals surface area contributed by atoms with Crippen molar-refractivity contribution in [3.8, 4) is 0 Å². The Labute approximate surface area is 124 Å². The van der Waals surface area contributed by atoms with Crippen LogP contribution < -0.4 is 5.73 Å². The summed E-state index contributed by atoms with van der Waals surface area (Å²) in [5, 5.41) is 10.9. The summed E-state index contributed by atoms with van der Waals surface area (Å²) in [6.45, 7) is 4.75. The second-order valence-electron chi connectivity index (χ2n) is 5.30. The molecule has 0 atom stereocenters. The minimum absolute atomic E-state index is 0. The van der Waals surface area contributed by atoms with Crippen LogP contribution in [0.4, 0.5) is 5.69 Å². The van der Waals surface area contributed by atoms with E-state index in [0.29, 0.717) is 13.1 Å². The summed E-state index contributed by atoms with van der Waals surface area (Å²) in [5.74, 6) is -0.367. The van der Waals surface area contributed by atoms with E-state index in [0.717, 1.165) is 0 Å². The number of para-hydroxylation sites is 1. The molecule has 0 radical (unpaired) electrons. The third kappa shape index (κ3) is 4.47. The van der Waals surface area contributed by atoms with Gasteiger partial charge in [-0.1, -0.05) is 26.0 Å². The van der Waals surface area contributed by atoms with Crippen LogP contribution in [0.3, 0.4) is 0 Å². The van der Waals surface area contributed by atoms with Crippen molar-refractivity contribution in [1.29, 1.82) is 0 Å². The van der Waals surface area contributed by atoms with Crippen molar-refractivity contribution in [2.24, 2.45) is 11.1 Å². The lowest BCUT2D eigenvalue weighted by molar-refractivity contribution is -0.385. The molecule has 0 unspecified atom stereocenters. The number of carbonyl (C=O) groups excluding carboxylic acids is 1. The van der Waals surface area contributed by atoms with Crippen LogP contribution in [0.2, 0.25) is 0 Å². The lowest BCUT2D eigenvalue weighted by Crippen LogP contribution is -2.39. The first kappa shape index (κ1) is 18.3. The molecule has 0 aliphatic heterocycles. The molecule has 1 aromatic carbocycles. The van der Waals surface area contributed by atoms with Gasteiger partial charge in [0.1, 0.15) is 5.56 Å². The minimum atomic E-state index is -0.546. The molecule has 112 valence electrons. The number of carbonyl (C=O) groups is 1. The molecule has 0 saturated carbocycles. The molecule has 0 bridgehead atoms. The highest BCUT2D eigenvalue weighted by atomic mass is 35.5. The molecule has 6 nitrogen and oxygen atoms in total. The number of halogens is 1. The van der Waals surface area contributed by atoms with Gasteiger partial charge in [-0.25, -0.2) is 0 Å². The van der Waals surface area contributed by atoms with Crippen LogP contribution >= 0.6 is 12.4 Å². The van der Waals surface area contributed by atoms with Gasteiger partial charge in [-0.05, 0) is 18.0 Å². The monoisotopic (exact) mass is 301 g/mol. The lowest BCUT2D eigenvalue weighted by atomic mass is 9.93. The number of amides is 1. The number of nitrogens with two attached hydrogens (primary N) is 1. The van der Waals surface area contributed by atoms with Gasteiger partial charge in [-0.15, -0.1) is 12.4 Å². The standard InChI is InChI=1S/C13H19N3O3.ClH/c1-13(2,8-14)9-15(3)12(17)10-6-4-5-7-11(10)16(18)19;/h4-7H,8-9,14H2,1-3H3;1H. The highest BCUT2D eigenvalue weighted by Crippen LogP contribution is 2.21. The van der Waals surface area contributed by atoms with E-state index < -0.39 is 4.92 Å². The number of rotatable bonds is 5. The van der Waals surface area contributed by atoms with Crippen LogP contribution in [0.5, 0.6) is 0 Å². The van der Waals surface area contributed by atoms with Crippen molar-refractivity contribution < 1.29 is 9.72 Å². The highest BCUT2D eigenvalue weighted by Gasteiger charge is 2.26. The van der Waals surface area contributed by atoms with Gasteiger partial charge >= 0.3 is 0 Å². The van der Waals surface area contributed by atoms with Crippen molar-refractivity contribution in [1.82, 2.24) is 4.90 Å². The zero-order chi connectivity index (χ0) is 14.6. The fourth-order valence-electron chi connectivity index (χ4n) is 1.80. The molecule has 20 heavy (non-hydrogen) atoms. The Morgan fingerprint density at radius 2 is 1.95 bits per heavy atom. The normalized spacial score (nSPS) is 10.6. The Hall–Kier alpha value is -1.66. The Morgan fingerprint density at radius 1 is 1.40 bits per heavy atom. The van der Waals surface area contributed by atoms with E-state index in [9.17, 15) is 14.9 Å². The zero-order valence-electron chi connectivity index (χ0n) is 11.8. The number of nitrogens with zero attached hydrogens (tertiary/aromatic N) is 2. The molecular weight excluding hydrogens is 282 g/mol. The second-order valence-corrected chi connectivity index (χ2v) is 5.30. The maximum atomic E-state index is 12.2. The van der Waals surface area contributed by atoms with Crippen LogP contribution in [0.25, 0.3) is 0 Å². The summed E-state index contributed by atoms with van der Waals surface area (Å²) < 4.78 is 0. The molecule has 1 amide bonds. The van der Waals surface area contributed by atoms with Gasteiger partial charge in [0.05, 0.1) is 4.92 Å². The van der Waals surface area contributed by atoms with Crippen LogP contribution in [-0.4, -0.2) is 35.9 Å². The topological polar surface area (TPSA) is 89.5 Å². The summed E-state index contributed by atoms with van der Waals surface area (Å²) in [5.41, 5.74) is 5.32. The summed E-state index contributed by atoms with van der Waals surface area (Å²) in [6, 6.07) is 5.95. The van der Waals surface area contributed by atoms with Gasteiger partial charge in [0.25, 0.3) is 11.6 Å². The molecule has 0 aliphatic carbocycles. The Morgan fingerprint density at radius 3 is 2.45 bits per heavy atom. The van der Waals surface area contributed by atoms with Crippen LogP contribution in [0.1, 0.15) is 24.2 Å². The molecule has 1 aromatic rings. The van der Waals surface area contributed by atoms with E-state index in [1.807, 2.05) is 13.8 Å². The number of hydrogen-bond donors (Lipinski definition) is 1. The first-order valence-corrected chi connectivity index (χ1v) is 5.97. The molecular formula is C13H20ClN3O3. The maximum Gasteiger partial charge on any atom is 0.282 e. The van der Waals surface area contributed by atoms with Gasteiger partial charge in [0, 0.05) is 19.7 Å². The van der Waals surface area contributed by atoms with Crippen LogP contribution in [-0.2, 0) is 0 Å². The zero-order valence-corrected chi connectivity index (χ0v) is 12.6. The molecule has 0 spiro atoms.